The molecule has 90 valence electrons. The highest BCUT2D eigenvalue weighted by Crippen LogP contribution is 2.19. The van der Waals surface area contributed by atoms with Crippen LogP contribution >= 0.6 is 0 Å². The minimum Gasteiger partial charge on any atom is -0.384 e. The van der Waals surface area contributed by atoms with Crippen molar-refractivity contribution >= 4 is 0 Å². The van der Waals surface area contributed by atoms with Gasteiger partial charge in [0, 0.05) is 6.07 Å². The zero-order chi connectivity index (χ0) is 12.6. The van der Waals surface area contributed by atoms with Crippen molar-refractivity contribution in [3.8, 4) is 5.69 Å². The number of rotatable bonds is 2. The standard InChI is InChI=1S/C11H11F2N3O/c1-11(2,17)10-6-16(15-14-10)9-5-7(12)3-4-8(9)13/h3-6,17H,1-2H3. The molecule has 0 saturated heterocycles. The highest BCUT2D eigenvalue weighted by atomic mass is 19.1. The van der Waals surface area contributed by atoms with E-state index in [0.29, 0.717) is 0 Å². The Morgan fingerprint density at radius 1 is 1.29 bits per heavy atom. The van der Waals surface area contributed by atoms with Crippen LogP contribution in [0.5, 0.6) is 0 Å². The Morgan fingerprint density at radius 3 is 2.59 bits per heavy atom. The van der Waals surface area contributed by atoms with E-state index in [1.165, 1.54) is 20.0 Å². The van der Waals surface area contributed by atoms with Crippen molar-refractivity contribution < 1.29 is 13.9 Å². The van der Waals surface area contributed by atoms with Crippen molar-refractivity contribution in [1.29, 1.82) is 0 Å². The summed E-state index contributed by atoms with van der Waals surface area (Å²) >= 11 is 0. The Bertz CT molecular complexity index is 546. The molecule has 0 spiro atoms. The van der Waals surface area contributed by atoms with E-state index in [-0.39, 0.29) is 11.4 Å². The Kier molecular flexibility index (Phi) is 2.66. The van der Waals surface area contributed by atoms with Crippen LogP contribution in [0.4, 0.5) is 8.78 Å². The van der Waals surface area contributed by atoms with Crippen LogP contribution in [0.25, 0.3) is 5.69 Å². The lowest BCUT2D eigenvalue weighted by Gasteiger charge is -2.11. The molecule has 1 aromatic heterocycles. The first kappa shape index (κ1) is 11.7. The average Bonchev–Trinajstić information content (AvgIpc) is 2.70. The van der Waals surface area contributed by atoms with Crippen LogP contribution < -0.4 is 0 Å². The molecule has 0 aliphatic heterocycles. The van der Waals surface area contributed by atoms with Crippen molar-refractivity contribution in [3.05, 3.63) is 41.7 Å². The molecule has 0 aliphatic rings. The maximum Gasteiger partial charge on any atom is 0.149 e. The van der Waals surface area contributed by atoms with E-state index in [9.17, 15) is 13.9 Å². The Balaban J connectivity index is 2.47. The highest BCUT2D eigenvalue weighted by Gasteiger charge is 2.21. The Hall–Kier alpha value is -1.82. The molecule has 4 nitrogen and oxygen atoms in total. The van der Waals surface area contributed by atoms with Crippen LogP contribution in [0.3, 0.4) is 0 Å². The third-order valence-electron chi connectivity index (χ3n) is 2.28. The second kappa shape index (κ2) is 3.89. The van der Waals surface area contributed by atoms with Crippen LogP contribution in [0.2, 0.25) is 0 Å². The van der Waals surface area contributed by atoms with Crippen LogP contribution in [-0.2, 0) is 5.60 Å². The normalized spacial score (nSPS) is 11.8. The summed E-state index contributed by atoms with van der Waals surface area (Å²) < 4.78 is 27.5. The zero-order valence-corrected chi connectivity index (χ0v) is 9.35. The van der Waals surface area contributed by atoms with Crippen molar-refractivity contribution in [3.63, 3.8) is 0 Å². The smallest absolute Gasteiger partial charge is 0.149 e. The van der Waals surface area contributed by atoms with Gasteiger partial charge in [0.15, 0.2) is 0 Å². The summed E-state index contributed by atoms with van der Waals surface area (Å²) in [6, 6.07) is 3.04. The van der Waals surface area contributed by atoms with Gasteiger partial charge in [-0.25, -0.2) is 13.5 Å². The number of hydrogen-bond acceptors (Lipinski definition) is 3. The van der Waals surface area contributed by atoms with E-state index >= 15 is 0 Å². The number of halogens is 2. The topological polar surface area (TPSA) is 50.9 Å². The van der Waals surface area contributed by atoms with Gasteiger partial charge in [-0.2, -0.15) is 0 Å². The molecule has 2 aromatic rings. The highest BCUT2D eigenvalue weighted by molar-refractivity contribution is 5.33. The van der Waals surface area contributed by atoms with Crippen molar-refractivity contribution in [2.24, 2.45) is 0 Å². The molecular weight excluding hydrogens is 228 g/mol. The van der Waals surface area contributed by atoms with Crippen LogP contribution in [0.15, 0.2) is 24.4 Å². The molecule has 0 saturated carbocycles. The fourth-order valence-corrected chi connectivity index (χ4v) is 1.32. The van der Waals surface area contributed by atoms with Gasteiger partial charge in [0.1, 0.15) is 28.6 Å². The Labute approximate surface area is 96.5 Å². The summed E-state index contributed by atoms with van der Waals surface area (Å²) in [4.78, 5) is 0. The first-order chi connectivity index (χ1) is 7.88. The quantitative estimate of drug-likeness (QED) is 0.869. The maximum absolute atomic E-state index is 13.4. The molecule has 0 amide bonds. The van der Waals surface area contributed by atoms with Gasteiger partial charge in [-0.05, 0) is 26.0 Å². The van der Waals surface area contributed by atoms with Gasteiger partial charge in [-0.1, -0.05) is 5.21 Å². The first-order valence-electron chi connectivity index (χ1n) is 4.98. The second-order valence-corrected chi connectivity index (χ2v) is 4.20. The zero-order valence-electron chi connectivity index (χ0n) is 9.35. The molecule has 1 N–H and O–H groups in total. The number of aliphatic hydroxyl groups is 1. The van der Waals surface area contributed by atoms with Crippen molar-refractivity contribution in [1.82, 2.24) is 15.0 Å². The maximum atomic E-state index is 13.4. The molecule has 1 heterocycles. The van der Waals surface area contributed by atoms with E-state index in [1.54, 1.807) is 0 Å². The average molecular weight is 239 g/mol. The molecular formula is C11H11F2N3O. The predicted octanol–water partition coefficient (Wildman–Crippen LogP) is 1.77. The van der Waals surface area contributed by atoms with Crippen molar-refractivity contribution in [2.45, 2.75) is 19.4 Å². The van der Waals surface area contributed by atoms with E-state index in [1.807, 2.05) is 0 Å². The predicted molar refractivity (Wildman–Crippen MR) is 56.5 cm³/mol. The second-order valence-electron chi connectivity index (χ2n) is 4.20. The van der Waals surface area contributed by atoms with E-state index < -0.39 is 17.2 Å². The molecule has 0 bridgehead atoms. The fraction of sp³-hybridized carbons (Fsp3) is 0.273. The minimum atomic E-state index is -1.18. The molecule has 6 heteroatoms. The van der Waals surface area contributed by atoms with Crippen LogP contribution in [0, 0.1) is 11.6 Å². The van der Waals surface area contributed by atoms with E-state index in [4.69, 9.17) is 0 Å². The molecule has 0 atom stereocenters. The number of aromatic nitrogens is 3. The van der Waals surface area contributed by atoms with Gasteiger partial charge in [0.25, 0.3) is 0 Å². The third kappa shape index (κ3) is 2.31. The van der Waals surface area contributed by atoms with Gasteiger partial charge in [0.05, 0.1) is 6.20 Å². The van der Waals surface area contributed by atoms with Gasteiger partial charge in [-0.15, -0.1) is 5.10 Å². The molecule has 0 unspecified atom stereocenters. The molecule has 0 fully saturated rings. The molecule has 2 rings (SSSR count). The summed E-state index contributed by atoms with van der Waals surface area (Å²) in [6.45, 7) is 3.06. The minimum absolute atomic E-state index is 0.0481. The van der Waals surface area contributed by atoms with E-state index in [0.717, 1.165) is 22.9 Å². The summed E-state index contributed by atoms with van der Waals surface area (Å²) in [6.07, 6.45) is 1.36. The first-order valence-corrected chi connectivity index (χ1v) is 4.98. The number of nitrogens with zero attached hydrogens (tertiary/aromatic N) is 3. The lowest BCUT2D eigenvalue weighted by Crippen LogP contribution is -2.15. The monoisotopic (exact) mass is 239 g/mol. The summed E-state index contributed by atoms with van der Waals surface area (Å²) in [5.41, 5.74) is -0.948. The van der Waals surface area contributed by atoms with Gasteiger partial charge < -0.3 is 5.11 Å². The summed E-state index contributed by atoms with van der Waals surface area (Å²) in [7, 11) is 0. The van der Waals surface area contributed by atoms with Gasteiger partial charge >= 0.3 is 0 Å². The Morgan fingerprint density at radius 2 is 2.00 bits per heavy atom. The number of hydrogen-bond donors (Lipinski definition) is 1. The van der Waals surface area contributed by atoms with E-state index in [2.05, 4.69) is 10.3 Å². The largest absolute Gasteiger partial charge is 0.384 e. The summed E-state index contributed by atoms with van der Waals surface area (Å²) in [5.74, 6) is -1.18. The fourth-order valence-electron chi connectivity index (χ4n) is 1.32. The van der Waals surface area contributed by atoms with Gasteiger partial charge in [0.2, 0.25) is 0 Å². The summed E-state index contributed by atoms with van der Waals surface area (Å²) in [5, 5.41) is 17.1. The lowest BCUT2D eigenvalue weighted by molar-refractivity contribution is 0.0737. The van der Waals surface area contributed by atoms with Crippen LogP contribution in [-0.4, -0.2) is 20.1 Å². The lowest BCUT2D eigenvalue weighted by atomic mass is 10.1. The van der Waals surface area contributed by atoms with Crippen molar-refractivity contribution in [2.75, 3.05) is 0 Å². The third-order valence-corrected chi connectivity index (χ3v) is 2.28. The van der Waals surface area contributed by atoms with Crippen LogP contribution in [0.1, 0.15) is 19.5 Å². The van der Waals surface area contributed by atoms with Gasteiger partial charge in [-0.3, -0.25) is 0 Å². The molecule has 1 aromatic carbocycles. The molecule has 0 radical (unpaired) electrons. The SMILES string of the molecule is CC(C)(O)c1cn(-c2cc(F)ccc2F)nn1. The molecule has 17 heavy (non-hydrogen) atoms. The molecule has 0 aliphatic carbocycles. The number of benzene rings is 1.